The lowest BCUT2D eigenvalue weighted by molar-refractivity contribution is 0.584. The maximum absolute atomic E-state index is 12.8. The molecular formula is C12H12FN3. The molecule has 0 unspecified atom stereocenters. The summed E-state index contributed by atoms with van der Waals surface area (Å²) in [6, 6.07) is 6.97. The Kier molecular flexibility index (Phi) is 3.10. The number of anilines is 1. The second-order valence-corrected chi connectivity index (χ2v) is 3.49. The zero-order chi connectivity index (χ0) is 11.4. The average molecular weight is 217 g/mol. The van der Waals surface area contributed by atoms with E-state index in [0.29, 0.717) is 12.2 Å². The minimum atomic E-state index is -0.484. The number of halogens is 1. The second kappa shape index (κ2) is 4.70. The van der Waals surface area contributed by atoms with Crippen LogP contribution in [0.4, 0.5) is 10.1 Å². The van der Waals surface area contributed by atoms with Gasteiger partial charge in [-0.1, -0.05) is 6.07 Å². The first-order chi connectivity index (χ1) is 7.75. The Labute approximate surface area is 93.4 Å². The molecule has 0 atom stereocenters. The number of aromatic nitrogens is 2. The summed E-state index contributed by atoms with van der Waals surface area (Å²) in [5.74, 6) is -0.484. The third-order valence-corrected chi connectivity index (χ3v) is 2.30. The van der Waals surface area contributed by atoms with Crippen LogP contribution in [0, 0.1) is 12.9 Å². The van der Waals surface area contributed by atoms with Crippen molar-refractivity contribution in [3.8, 4) is 0 Å². The van der Waals surface area contributed by atoms with Crippen LogP contribution in [-0.4, -0.2) is 9.97 Å². The van der Waals surface area contributed by atoms with Gasteiger partial charge in [0.2, 0.25) is 5.95 Å². The van der Waals surface area contributed by atoms with Crippen molar-refractivity contribution in [1.82, 2.24) is 9.97 Å². The van der Waals surface area contributed by atoms with Crippen LogP contribution in [0.3, 0.4) is 0 Å². The molecule has 2 rings (SSSR count). The molecule has 0 radical (unpaired) electrons. The fourth-order valence-electron chi connectivity index (χ4n) is 1.40. The Morgan fingerprint density at radius 3 is 2.88 bits per heavy atom. The summed E-state index contributed by atoms with van der Waals surface area (Å²) >= 11 is 0. The van der Waals surface area contributed by atoms with Crippen molar-refractivity contribution in [2.24, 2.45) is 0 Å². The first-order valence-corrected chi connectivity index (χ1v) is 5.01. The number of nitrogens with one attached hydrogen (secondary N) is 1. The van der Waals surface area contributed by atoms with Crippen LogP contribution >= 0.6 is 0 Å². The summed E-state index contributed by atoms with van der Waals surface area (Å²) in [6.07, 6.45) is 3.18. The van der Waals surface area contributed by atoms with Gasteiger partial charge >= 0.3 is 0 Å². The molecule has 0 bridgehead atoms. The summed E-state index contributed by atoms with van der Waals surface area (Å²) in [5, 5.41) is 3.10. The van der Waals surface area contributed by atoms with E-state index in [2.05, 4.69) is 15.3 Å². The molecule has 0 aliphatic heterocycles. The largest absolute Gasteiger partial charge is 0.379 e. The van der Waals surface area contributed by atoms with Gasteiger partial charge in [-0.25, -0.2) is 4.98 Å². The molecule has 0 saturated heterocycles. The highest BCUT2D eigenvalue weighted by molar-refractivity contribution is 5.41. The van der Waals surface area contributed by atoms with Crippen LogP contribution in [0.5, 0.6) is 0 Å². The normalized spacial score (nSPS) is 10.1. The molecule has 2 aromatic heterocycles. The molecule has 0 spiro atoms. The molecule has 0 aromatic carbocycles. The van der Waals surface area contributed by atoms with Gasteiger partial charge in [0.25, 0.3) is 0 Å². The highest BCUT2D eigenvalue weighted by atomic mass is 19.1. The van der Waals surface area contributed by atoms with E-state index in [1.807, 2.05) is 19.1 Å². The van der Waals surface area contributed by atoms with Crippen LogP contribution in [0.15, 0.2) is 36.7 Å². The molecule has 3 nitrogen and oxygen atoms in total. The lowest BCUT2D eigenvalue weighted by Gasteiger charge is -2.07. The summed E-state index contributed by atoms with van der Waals surface area (Å²) in [7, 11) is 0. The summed E-state index contributed by atoms with van der Waals surface area (Å²) in [6.45, 7) is 2.58. The minimum Gasteiger partial charge on any atom is -0.379 e. The van der Waals surface area contributed by atoms with Crippen molar-refractivity contribution in [3.05, 3.63) is 53.9 Å². The van der Waals surface area contributed by atoms with Gasteiger partial charge in [0.15, 0.2) is 0 Å². The van der Waals surface area contributed by atoms with Crippen LogP contribution in [0.2, 0.25) is 0 Å². The summed E-state index contributed by atoms with van der Waals surface area (Å²) in [4.78, 5) is 7.73. The number of aryl methyl sites for hydroxylation is 1. The van der Waals surface area contributed by atoms with E-state index in [0.717, 1.165) is 11.3 Å². The first kappa shape index (κ1) is 10.5. The quantitative estimate of drug-likeness (QED) is 0.803. The second-order valence-electron chi connectivity index (χ2n) is 3.49. The van der Waals surface area contributed by atoms with Crippen molar-refractivity contribution in [2.45, 2.75) is 13.5 Å². The van der Waals surface area contributed by atoms with Crippen LogP contribution in [0.1, 0.15) is 11.3 Å². The molecule has 4 heteroatoms. The van der Waals surface area contributed by atoms with Gasteiger partial charge in [-0.2, -0.15) is 4.39 Å². The van der Waals surface area contributed by atoms with E-state index in [1.54, 1.807) is 12.3 Å². The van der Waals surface area contributed by atoms with Gasteiger partial charge in [0.05, 0.1) is 12.2 Å². The average Bonchev–Trinajstić information content (AvgIpc) is 2.28. The monoisotopic (exact) mass is 217 g/mol. The van der Waals surface area contributed by atoms with Gasteiger partial charge < -0.3 is 5.32 Å². The molecule has 0 aliphatic rings. The molecule has 16 heavy (non-hydrogen) atoms. The summed E-state index contributed by atoms with van der Waals surface area (Å²) < 4.78 is 12.8. The molecule has 0 amide bonds. The van der Waals surface area contributed by atoms with Crippen molar-refractivity contribution < 1.29 is 4.39 Å². The lowest BCUT2D eigenvalue weighted by atomic mass is 10.2. The molecule has 2 heterocycles. The van der Waals surface area contributed by atoms with Crippen molar-refractivity contribution >= 4 is 5.69 Å². The van der Waals surface area contributed by atoms with E-state index >= 15 is 0 Å². The number of hydrogen-bond acceptors (Lipinski definition) is 3. The van der Waals surface area contributed by atoms with Crippen molar-refractivity contribution in [3.63, 3.8) is 0 Å². The Hall–Kier alpha value is -1.97. The number of pyridine rings is 2. The van der Waals surface area contributed by atoms with E-state index in [4.69, 9.17) is 0 Å². The molecule has 82 valence electrons. The standard InChI is InChI=1S/C12H12FN3/c1-9-3-2-5-14-11(9)8-16-10-4-6-15-12(13)7-10/h2-7H,8H2,1H3,(H,15,16). The Morgan fingerprint density at radius 1 is 1.25 bits per heavy atom. The van der Waals surface area contributed by atoms with Gasteiger partial charge in [-0.05, 0) is 24.6 Å². The third-order valence-electron chi connectivity index (χ3n) is 2.30. The zero-order valence-electron chi connectivity index (χ0n) is 8.94. The van der Waals surface area contributed by atoms with E-state index < -0.39 is 5.95 Å². The predicted molar refractivity (Wildman–Crippen MR) is 60.5 cm³/mol. The minimum absolute atomic E-state index is 0.484. The highest BCUT2D eigenvalue weighted by Gasteiger charge is 1.99. The molecule has 0 saturated carbocycles. The maximum Gasteiger partial charge on any atom is 0.214 e. The van der Waals surface area contributed by atoms with Crippen molar-refractivity contribution in [1.29, 1.82) is 0 Å². The van der Waals surface area contributed by atoms with E-state index in [-0.39, 0.29) is 0 Å². The molecule has 0 aliphatic carbocycles. The topological polar surface area (TPSA) is 37.8 Å². The Bertz CT molecular complexity index is 485. The molecule has 1 N–H and O–H groups in total. The first-order valence-electron chi connectivity index (χ1n) is 5.01. The maximum atomic E-state index is 12.8. The third kappa shape index (κ3) is 2.53. The van der Waals surface area contributed by atoms with Gasteiger partial charge in [0, 0.05) is 24.1 Å². The van der Waals surface area contributed by atoms with Gasteiger partial charge in [-0.3, -0.25) is 4.98 Å². The number of rotatable bonds is 3. The van der Waals surface area contributed by atoms with Crippen LogP contribution in [-0.2, 0) is 6.54 Å². The fourth-order valence-corrected chi connectivity index (χ4v) is 1.40. The zero-order valence-corrected chi connectivity index (χ0v) is 8.94. The van der Waals surface area contributed by atoms with Crippen LogP contribution in [0.25, 0.3) is 0 Å². The van der Waals surface area contributed by atoms with E-state index in [1.165, 1.54) is 12.3 Å². The smallest absolute Gasteiger partial charge is 0.214 e. The SMILES string of the molecule is Cc1cccnc1CNc1ccnc(F)c1. The van der Waals surface area contributed by atoms with Crippen LogP contribution < -0.4 is 5.32 Å². The van der Waals surface area contributed by atoms with Gasteiger partial charge in [-0.15, -0.1) is 0 Å². The molecule has 0 fully saturated rings. The van der Waals surface area contributed by atoms with Gasteiger partial charge in [0.1, 0.15) is 0 Å². The van der Waals surface area contributed by atoms with E-state index in [9.17, 15) is 4.39 Å². The fraction of sp³-hybridized carbons (Fsp3) is 0.167. The lowest BCUT2D eigenvalue weighted by Crippen LogP contribution is -2.03. The Morgan fingerprint density at radius 2 is 2.12 bits per heavy atom. The summed E-state index contributed by atoms with van der Waals surface area (Å²) in [5.41, 5.74) is 2.78. The molecular weight excluding hydrogens is 205 g/mol. The van der Waals surface area contributed by atoms with Crippen molar-refractivity contribution in [2.75, 3.05) is 5.32 Å². The highest BCUT2D eigenvalue weighted by Crippen LogP contribution is 2.10. The number of nitrogens with zero attached hydrogens (tertiary/aromatic N) is 2. The predicted octanol–water partition coefficient (Wildman–Crippen LogP) is 2.54. The Balaban J connectivity index is 2.05. The number of hydrogen-bond donors (Lipinski definition) is 1. The molecule has 2 aromatic rings.